The van der Waals surface area contributed by atoms with Crippen molar-refractivity contribution in [3.05, 3.63) is 30.0 Å². The van der Waals surface area contributed by atoms with E-state index in [1.54, 1.807) is 6.07 Å². The van der Waals surface area contributed by atoms with Crippen LogP contribution in [-0.4, -0.2) is 39.5 Å². The zero-order valence-corrected chi connectivity index (χ0v) is 10.7. The zero-order chi connectivity index (χ0) is 15.0. The van der Waals surface area contributed by atoms with Gasteiger partial charge in [-0.3, -0.25) is 15.0 Å². The number of fused-ring (bicyclic) bond motifs is 1. The summed E-state index contributed by atoms with van der Waals surface area (Å²) < 4.78 is 0. The molecule has 2 heterocycles. The van der Waals surface area contributed by atoms with Gasteiger partial charge in [-0.05, 0) is 12.1 Å². The topological polar surface area (TPSA) is 112 Å². The van der Waals surface area contributed by atoms with Gasteiger partial charge in [-0.15, -0.1) is 0 Å². The van der Waals surface area contributed by atoms with Crippen LogP contribution < -0.4 is 10.2 Å². The third-order valence-corrected chi connectivity index (χ3v) is 3.11. The van der Waals surface area contributed by atoms with Crippen LogP contribution in [0.25, 0.3) is 10.9 Å². The second-order valence-electron chi connectivity index (χ2n) is 4.50. The number of benzene rings is 1. The Morgan fingerprint density at radius 3 is 2.86 bits per heavy atom. The molecule has 3 rings (SSSR count). The molecule has 0 unspecified atom stereocenters. The Hall–Kier alpha value is -3.03. The molecule has 1 aromatic heterocycles. The predicted octanol–water partition coefficient (Wildman–Crippen LogP) is 0.774. The van der Waals surface area contributed by atoms with E-state index >= 15 is 0 Å². The molecule has 0 saturated carbocycles. The Labute approximate surface area is 118 Å². The fraction of sp³-hybridized carbons (Fsp3) is 0.154. The van der Waals surface area contributed by atoms with Crippen LogP contribution in [0.4, 0.5) is 10.7 Å². The maximum atomic E-state index is 11.7. The molecule has 1 aromatic carbocycles. The number of aromatic nitrogens is 2. The summed E-state index contributed by atoms with van der Waals surface area (Å²) >= 11 is 0. The van der Waals surface area contributed by atoms with E-state index in [4.69, 9.17) is 5.11 Å². The van der Waals surface area contributed by atoms with Gasteiger partial charge in [-0.25, -0.2) is 19.6 Å². The van der Waals surface area contributed by atoms with E-state index in [0.29, 0.717) is 10.9 Å². The molecule has 2 N–H and O–H groups in total. The molecule has 2 aromatic rings. The summed E-state index contributed by atoms with van der Waals surface area (Å²) in [6.45, 7) is 0.189. The number of rotatable bonds is 2. The van der Waals surface area contributed by atoms with Crippen molar-refractivity contribution < 1.29 is 19.5 Å². The van der Waals surface area contributed by atoms with Gasteiger partial charge in [0.15, 0.2) is 0 Å². The van der Waals surface area contributed by atoms with Crippen molar-refractivity contribution >= 4 is 34.8 Å². The van der Waals surface area contributed by atoms with Crippen LogP contribution in [0.1, 0.15) is 16.8 Å². The second-order valence-corrected chi connectivity index (χ2v) is 4.50. The largest absolute Gasteiger partial charge is 0.478 e. The van der Waals surface area contributed by atoms with Gasteiger partial charge in [0.2, 0.25) is 11.9 Å². The minimum atomic E-state index is -1.06. The molecule has 0 atom stereocenters. The molecular formula is C13H10N4O4. The lowest BCUT2D eigenvalue weighted by molar-refractivity contribution is -0.120. The van der Waals surface area contributed by atoms with E-state index in [1.165, 1.54) is 23.2 Å². The lowest BCUT2D eigenvalue weighted by atomic mass is 10.1. The number of carboxylic acids is 1. The first kappa shape index (κ1) is 13.0. The fourth-order valence-electron chi connectivity index (χ4n) is 2.03. The van der Waals surface area contributed by atoms with Crippen molar-refractivity contribution in [1.29, 1.82) is 0 Å². The van der Waals surface area contributed by atoms with Gasteiger partial charge in [0.25, 0.3) is 0 Å². The zero-order valence-electron chi connectivity index (χ0n) is 10.7. The summed E-state index contributed by atoms with van der Waals surface area (Å²) in [6, 6.07) is 3.89. The molecule has 1 aliphatic rings. The van der Waals surface area contributed by atoms with E-state index in [1.807, 2.05) is 0 Å². The molecule has 0 aliphatic carbocycles. The molecule has 0 spiro atoms. The van der Waals surface area contributed by atoms with E-state index < -0.39 is 12.0 Å². The van der Waals surface area contributed by atoms with E-state index in [9.17, 15) is 14.4 Å². The van der Waals surface area contributed by atoms with Crippen molar-refractivity contribution in [3.63, 3.8) is 0 Å². The van der Waals surface area contributed by atoms with Crippen molar-refractivity contribution in [1.82, 2.24) is 15.3 Å². The molecule has 106 valence electrons. The molecule has 21 heavy (non-hydrogen) atoms. The minimum absolute atomic E-state index is 0.102. The highest BCUT2D eigenvalue weighted by Crippen LogP contribution is 2.18. The van der Waals surface area contributed by atoms with E-state index in [-0.39, 0.29) is 30.4 Å². The number of carboxylic acid groups (broad SMARTS) is 1. The number of amides is 3. The molecule has 1 aliphatic heterocycles. The third kappa shape index (κ3) is 2.38. The molecule has 3 amide bonds. The van der Waals surface area contributed by atoms with Crippen LogP contribution in [0.3, 0.4) is 0 Å². The molecule has 8 nitrogen and oxygen atoms in total. The summed E-state index contributed by atoms with van der Waals surface area (Å²) in [6.07, 6.45) is 1.68. The van der Waals surface area contributed by atoms with Crippen LogP contribution in [0, 0.1) is 0 Å². The van der Waals surface area contributed by atoms with Crippen LogP contribution >= 0.6 is 0 Å². The van der Waals surface area contributed by atoms with Gasteiger partial charge in [0, 0.05) is 24.5 Å². The Balaban J connectivity index is 2.01. The number of nitrogens with one attached hydrogen (secondary N) is 1. The van der Waals surface area contributed by atoms with Gasteiger partial charge in [0.05, 0.1) is 11.1 Å². The standard InChI is InChI=1S/C13H10N4O4/c18-10-3-4-17(13(21)16-10)12-14-6-8-2-1-7(11(19)20)5-9(8)15-12/h1-2,5-6H,3-4H2,(H,19,20)(H,16,18,21). The minimum Gasteiger partial charge on any atom is -0.478 e. The van der Waals surface area contributed by atoms with Gasteiger partial charge >= 0.3 is 12.0 Å². The summed E-state index contributed by atoms with van der Waals surface area (Å²) in [5, 5.41) is 11.8. The van der Waals surface area contributed by atoms with Crippen molar-refractivity contribution in [2.24, 2.45) is 0 Å². The van der Waals surface area contributed by atoms with Gasteiger partial charge in [-0.2, -0.15) is 0 Å². The van der Waals surface area contributed by atoms with Gasteiger partial charge in [-0.1, -0.05) is 6.07 Å². The molecule has 0 radical (unpaired) electrons. The maximum Gasteiger partial charge on any atom is 0.335 e. The van der Waals surface area contributed by atoms with E-state index in [2.05, 4.69) is 15.3 Å². The third-order valence-electron chi connectivity index (χ3n) is 3.11. The lowest BCUT2D eigenvalue weighted by Gasteiger charge is -2.24. The molecule has 1 saturated heterocycles. The first-order valence-electron chi connectivity index (χ1n) is 6.16. The van der Waals surface area contributed by atoms with Crippen LogP contribution in [0.5, 0.6) is 0 Å². The molecule has 8 heteroatoms. The average Bonchev–Trinajstić information content (AvgIpc) is 2.46. The lowest BCUT2D eigenvalue weighted by Crippen LogP contribution is -2.50. The highest BCUT2D eigenvalue weighted by molar-refractivity contribution is 6.05. The normalized spacial score (nSPS) is 15.1. The highest BCUT2D eigenvalue weighted by Gasteiger charge is 2.26. The number of anilines is 1. The van der Waals surface area contributed by atoms with Gasteiger partial charge in [0.1, 0.15) is 0 Å². The summed E-state index contributed by atoms with van der Waals surface area (Å²) in [5.41, 5.74) is 0.523. The highest BCUT2D eigenvalue weighted by atomic mass is 16.4. The first-order chi connectivity index (χ1) is 10.0. The fourth-order valence-corrected chi connectivity index (χ4v) is 2.03. The summed E-state index contributed by atoms with van der Waals surface area (Å²) in [7, 11) is 0. The number of imide groups is 1. The molecular weight excluding hydrogens is 276 g/mol. The quantitative estimate of drug-likeness (QED) is 0.843. The smallest absolute Gasteiger partial charge is 0.335 e. The second kappa shape index (κ2) is 4.82. The number of carbonyl (C=O) groups excluding carboxylic acids is 2. The molecule has 1 fully saturated rings. The van der Waals surface area contributed by atoms with E-state index in [0.717, 1.165) is 0 Å². The summed E-state index contributed by atoms with van der Waals surface area (Å²) in [4.78, 5) is 43.3. The van der Waals surface area contributed by atoms with Crippen LogP contribution in [0.2, 0.25) is 0 Å². The number of urea groups is 1. The monoisotopic (exact) mass is 286 g/mol. The van der Waals surface area contributed by atoms with Gasteiger partial charge < -0.3 is 5.11 Å². The summed E-state index contributed by atoms with van der Waals surface area (Å²) in [5.74, 6) is -1.27. The maximum absolute atomic E-state index is 11.7. The SMILES string of the molecule is O=C1CCN(c2ncc3ccc(C(=O)O)cc3n2)C(=O)N1. The number of carbonyl (C=O) groups is 3. The first-order valence-corrected chi connectivity index (χ1v) is 6.16. The molecule has 0 bridgehead atoms. The number of aromatic carboxylic acids is 1. The number of nitrogens with zero attached hydrogens (tertiary/aromatic N) is 3. The Kier molecular flexibility index (Phi) is 2.98. The van der Waals surface area contributed by atoms with Crippen molar-refractivity contribution in [2.75, 3.05) is 11.4 Å². The van der Waals surface area contributed by atoms with Crippen molar-refractivity contribution in [2.45, 2.75) is 6.42 Å². The van der Waals surface area contributed by atoms with Crippen LogP contribution in [0.15, 0.2) is 24.4 Å². The Morgan fingerprint density at radius 2 is 2.14 bits per heavy atom. The number of hydrogen-bond donors (Lipinski definition) is 2. The average molecular weight is 286 g/mol. The Morgan fingerprint density at radius 1 is 1.33 bits per heavy atom. The van der Waals surface area contributed by atoms with Crippen molar-refractivity contribution in [3.8, 4) is 0 Å². The number of hydrogen-bond acceptors (Lipinski definition) is 5. The predicted molar refractivity (Wildman–Crippen MR) is 72.0 cm³/mol. The van der Waals surface area contributed by atoms with Crippen LogP contribution in [-0.2, 0) is 4.79 Å². The Bertz CT molecular complexity index is 774.